The van der Waals surface area contributed by atoms with E-state index < -0.39 is 5.97 Å². The minimum absolute atomic E-state index is 0.401. The van der Waals surface area contributed by atoms with Gasteiger partial charge in [-0.15, -0.1) is 0 Å². The van der Waals surface area contributed by atoms with E-state index in [1.165, 1.54) is 26.5 Å². The van der Waals surface area contributed by atoms with Crippen molar-refractivity contribution < 1.29 is 9.53 Å². The molecule has 0 amide bonds. The maximum absolute atomic E-state index is 11.6. The van der Waals surface area contributed by atoms with Crippen LogP contribution >= 0.6 is 0 Å². The average Bonchev–Trinajstić information content (AvgIpc) is 2.93. The second-order valence-corrected chi connectivity index (χ2v) is 5.06. The third kappa shape index (κ3) is 3.04. The van der Waals surface area contributed by atoms with Gasteiger partial charge in [-0.05, 0) is 38.1 Å². The highest BCUT2D eigenvalue weighted by atomic mass is 16.5. The number of nitrogens with two attached hydrogens (primary N) is 1. The summed E-state index contributed by atoms with van der Waals surface area (Å²) >= 11 is 0. The van der Waals surface area contributed by atoms with Crippen molar-refractivity contribution in [3.05, 3.63) is 23.8 Å². The lowest BCUT2D eigenvalue weighted by Gasteiger charge is -2.24. The van der Waals surface area contributed by atoms with E-state index in [9.17, 15) is 4.79 Å². The molecule has 0 saturated carbocycles. The van der Waals surface area contributed by atoms with E-state index in [-0.39, 0.29) is 0 Å². The van der Waals surface area contributed by atoms with E-state index >= 15 is 0 Å². The third-order valence-corrected chi connectivity index (χ3v) is 3.94. The maximum Gasteiger partial charge on any atom is 0.340 e. The Hall–Kier alpha value is -1.75. The molecule has 5 heteroatoms. The first-order chi connectivity index (χ1) is 9.67. The molecule has 110 valence electrons. The molecule has 1 heterocycles. The smallest absolute Gasteiger partial charge is 0.340 e. The number of hydrogen-bond acceptors (Lipinski definition) is 5. The predicted octanol–water partition coefficient (Wildman–Crippen LogP) is 1.95. The van der Waals surface area contributed by atoms with Crippen LogP contribution in [0, 0.1) is 0 Å². The average molecular weight is 277 g/mol. The number of para-hydroxylation sites is 1. The first-order valence-corrected chi connectivity index (χ1v) is 7.12. The molecule has 1 aromatic rings. The molecule has 1 aliphatic rings. The van der Waals surface area contributed by atoms with Crippen LogP contribution in [0.4, 0.5) is 11.4 Å². The number of likely N-dealkylation sites (tertiary alicyclic amines) is 1. The first kappa shape index (κ1) is 14.7. The topological polar surface area (TPSA) is 67.6 Å². The van der Waals surface area contributed by atoms with Gasteiger partial charge in [-0.1, -0.05) is 13.0 Å². The predicted molar refractivity (Wildman–Crippen MR) is 81.0 cm³/mol. The lowest BCUT2D eigenvalue weighted by Crippen LogP contribution is -2.34. The Kier molecular flexibility index (Phi) is 4.84. The van der Waals surface area contributed by atoms with Crippen LogP contribution in [-0.4, -0.2) is 43.7 Å². The quantitative estimate of drug-likeness (QED) is 0.636. The zero-order valence-electron chi connectivity index (χ0n) is 12.2. The summed E-state index contributed by atoms with van der Waals surface area (Å²) in [7, 11) is 1.36. The van der Waals surface area contributed by atoms with Gasteiger partial charge in [-0.2, -0.15) is 0 Å². The number of esters is 1. The van der Waals surface area contributed by atoms with Crippen LogP contribution in [0.15, 0.2) is 18.2 Å². The van der Waals surface area contributed by atoms with Gasteiger partial charge in [0.1, 0.15) is 0 Å². The Labute approximate surface area is 120 Å². The van der Waals surface area contributed by atoms with Gasteiger partial charge in [-0.25, -0.2) is 4.79 Å². The highest BCUT2D eigenvalue weighted by Crippen LogP contribution is 2.24. The number of anilines is 2. The summed E-state index contributed by atoms with van der Waals surface area (Å²) < 4.78 is 4.73. The molecular formula is C15H23N3O2. The number of ether oxygens (including phenoxy) is 1. The van der Waals surface area contributed by atoms with Gasteiger partial charge in [-0.3, -0.25) is 4.90 Å². The lowest BCUT2D eigenvalue weighted by atomic mass is 10.1. The molecule has 1 aromatic carbocycles. The van der Waals surface area contributed by atoms with Crippen molar-refractivity contribution in [3.63, 3.8) is 0 Å². The van der Waals surface area contributed by atoms with Gasteiger partial charge in [0.25, 0.3) is 0 Å². The largest absolute Gasteiger partial charge is 0.465 e. The van der Waals surface area contributed by atoms with Gasteiger partial charge < -0.3 is 15.8 Å². The molecule has 0 radical (unpaired) electrons. The van der Waals surface area contributed by atoms with Crippen LogP contribution in [0.25, 0.3) is 0 Å². The minimum atomic E-state index is -0.401. The molecule has 0 bridgehead atoms. The van der Waals surface area contributed by atoms with E-state index in [1.54, 1.807) is 6.07 Å². The molecule has 1 aliphatic heterocycles. The number of rotatable bonds is 5. The number of benzene rings is 1. The Morgan fingerprint density at radius 1 is 1.55 bits per heavy atom. The molecule has 1 atom stereocenters. The van der Waals surface area contributed by atoms with E-state index in [1.807, 2.05) is 12.1 Å². The Bertz CT molecular complexity index is 476. The molecular weight excluding hydrogens is 254 g/mol. The maximum atomic E-state index is 11.6. The van der Waals surface area contributed by atoms with Crippen LogP contribution in [-0.2, 0) is 4.74 Å². The van der Waals surface area contributed by atoms with Crippen molar-refractivity contribution in [1.82, 2.24) is 4.90 Å². The van der Waals surface area contributed by atoms with Crippen molar-refractivity contribution in [2.45, 2.75) is 25.8 Å². The molecule has 1 unspecified atom stereocenters. The highest BCUT2D eigenvalue weighted by Gasteiger charge is 2.23. The summed E-state index contributed by atoms with van der Waals surface area (Å²) in [6.45, 7) is 5.28. The molecule has 2 rings (SSSR count). The number of carbonyl (C=O) groups is 1. The van der Waals surface area contributed by atoms with Crippen LogP contribution in [0.3, 0.4) is 0 Å². The number of carbonyl (C=O) groups excluding carboxylic acids is 1. The standard InChI is InChI=1S/C15H23N3O2/c1-3-18-9-5-6-11(18)10-17-13-8-4-7-12(14(13)16)15(19)20-2/h4,7-8,11,17H,3,5-6,9-10,16H2,1-2H3. The summed E-state index contributed by atoms with van der Waals surface area (Å²) in [5.41, 5.74) is 7.71. The molecule has 3 N–H and O–H groups in total. The third-order valence-electron chi connectivity index (χ3n) is 3.94. The summed E-state index contributed by atoms with van der Waals surface area (Å²) in [6.07, 6.45) is 2.45. The van der Waals surface area contributed by atoms with E-state index in [4.69, 9.17) is 10.5 Å². The van der Waals surface area contributed by atoms with Crippen molar-refractivity contribution in [2.24, 2.45) is 0 Å². The molecule has 0 aliphatic carbocycles. The number of methoxy groups -OCH3 is 1. The highest BCUT2D eigenvalue weighted by molar-refractivity contribution is 5.98. The van der Waals surface area contributed by atoms with Crippen LogP contribution in [0.1, 0.15) is 30.1 Å². The SMILES string of the molecule is CCN1CCCC1CNc1cccc(C(=O)OC)c1N. The van der Waals surface area contributed by atoms with Crippen LogP contribution < -0.4 is 11.1 Å². The van der Waals surface area contributed by atoms with E-state index in [2.05, 4.69) is 17.1 Å². The fourth-order valence-electron chi connectivity index (χ4n) is 2.78. The zero-order valence-corrected chi connectivity index (χ0v) is 12.2. The Morgan fingerprint density at radius 3 is 3.05 bits per heavy atom. The van der Waals surface area contributed by atoms with E-state index in [0.717, 1.165) is 18.8 Å². The van der Waals surface area contributed by atoms with Gasteiger partial charge in [0.05, 0.1) is 24.0 Å². The fourth-order valence-corrected chi connectivity index (χ4v) is 2.78. The summed E-state index contributed by atoms with van der Waals surface area (Å²) in [4.78, 5) is 14.1. The second kappa shape index (κ2) is 6.61. The van der Waals surface area contributed by atoms with Gasteiger partial charge >= 0.3 is 5.97 Å². The number of nitrogens with zero attached hydrogens (tertiary/aromatic N) is 1. The van der Waals surface area contributed by atoms with Crippen LogP contribution in [0.2, 0.25) is 0 Å². The molecule has 5 nitrogen and oxygen atoms in total. The normalized spacial score (nSPS) is 19.0. The van der Waals surface area contributed by atoms with Crippen molar-refractivity contribution in [1.29, 1.82) is 0 Å². The van der Waals surface area contributed by atoms with Gasteiger partial charge in [0.15, 0.2) is 0 Å². The minimum Gasteiger partial charge on any atom is -0.465 e. The molecule has 0 aromatic heterocycles. The van der Waals surface area contributed by atoms with Crippen LogP contribution in [0.5, 0.6) is 0 Å². The lowest BCUT2D eigenvalue weighted by molar-refractivity contribution is 0.0602. The summed E-state index contributed by atoms with van der Waals surface area (Å²) in [5.74, 6) is -0.401. The van der Waals surface area contributed by atoms with E-state index in [0.29, 0.717) is 17.3 Å². The molecule has 1 saturated heterocycles. The molecule has 1 fully saturated rings. The second-order valence-electron chi connectivity index (χ2n) is 5.06. The molecule has 0 spiro atoms. The Morgan fingerprint density at radius 2 is 2.35 bits per heavy atom. The number of likely N-dealkylation sites (N-methyl/N-ethyl adjacent to an activating group) is 1. The van der Waals surface area contributed by atoms with Gasteiger partial charge in [0, 0.05) is 12.6 Å². The Balaban J connectivity index is 2.04. The number of nitrogen functional groups attached to an aromatic ring is 1. The van der Waals surface area contributed by atoms with Crippen molar-refractivity contribution in [2.75, 3.05) is 37.8 Å². The zero-order chi connectivity index (χ0) is 14.5. The molecule has 20 heavy (non-hydrogen) atoms. The summed E-state index contributed by atoms with van der Waals surface area (Å²) in [6, 6.07) is 5.94. The van der Waals surface area contributed by atoms with Crippen molar-refractivity contribution in [3.8, 4) is 0 Å². The van der Waals surface area contributed by atoms with Gasteiger partial charge in [0.2, 0.25) is 0 Å². The number of hydrogen-bond donors (Lipinski definition) is 2. The number of nitrogens with one attached hydrogen (secondary N) is 1. The fraction of sp³-hybridized carbons (Fsp3) is 0.533. The first-order valence-electron chi connectivity index (χ1n) is 7.12. The summed E-state index contributed by atoms with van der Waals surface area (Å²) in [5, 5.41) is 3.36. The monoisotopic (exact) mass is 277 g/mol. The van der Waals surface area contributed by atoms with Crippen molar-refractivity contribution >= 4 is 17.3 Å².